The zero-order valence-corrected chi connectivity index (χ0v) is 17.8. The first kappa shape index (κ1) is 22.5. The number of hydrogen-bond acceptors (Lipinski definition) is 4. The van der Waals surface area contributed by atoms with Crippen LogP contribution in [0.5, 0.6) is 0 Å². The molecular weight excluding hydrogens is 376 g/mol. The third kappa shape index (κ3) is 6.14. The standard InChI is InChI=1S/C25H34N2O3/c1-30-16-15-26-17-19-11-13-20(14-12-19)22-9-5-6-10-23(22)25(29)27-24(18-28)21-7-3-2-4-8-21/h2-4,7-8,11-14,22-24,26,28H,5-6,9-10,15-18H2,1H3,(H,27,29). The molecule has 1 aliphatic carbocycles. The molecule has 2 aromatic carbocycles. The summed E-state index contributed by atoms with van der Waals surface area (Å²) in [7, 11) is 1.70. The van der Waals surface area contributed by atoms with Crippen molar-refractivity contribution in [2.24, 2.45) is 5.92 Å². The molecule has 0 radical (unpaired) electrons. The highest BCUT2D eigenvalue weighted by Crippen LogP contribution is 2.38. The lowest BCUT2D eigenvalue weighted by Gasteiger charge is -2.32. The number of aliphatic hydroxyl groups excluding tert-OH is 1. The fraction of sp³-hybridized carbons (Fsp3) is 0.480. The quantitative estimate of drug-likeness (QED) is 0.524. The van der Waals surface area contributed by atoms with E-state index in [2.05, 4.69) is 34.9 Å². The second kappa shape index (κ2) is 11.8. The fourth-order valence-electron chi connectivity index (χ4n) is 4.33. The van der Waals surface area contributed by atoms with Crippen LogP contribution >= 0.6 is 0 Å². The molecule has 30 heavy (non-hydrogen) atoms. The van der Waals surface area contributed by atoms with E-state index in [4.69, 9.17) is 4.74 Å². The van der Waals surface area contributed by atoms with Crippen LogP contribution in [-0.2, 0) is 16.1 Å². The molecule has 1 amide bonds. The molecule has 0 saturated heterocycles. The number of carbonyl (C=O) groups excluding carboxylic acids is 1. The monoisotopic (exact) mass is 410 g/mol. The predicted octanol–water partition coefficient (Wildman–Crippen LogP) is 3.55. The normalized spacial score (nSPS) is 19.9. The van der Waals surface area contributed by atoms with E-state index in [9.17, 15) is 9.90 Å². The molecule has 5 heteroatoms. The predicted molar refractivity (Wildman–Crippen MR) is 119 cm³/mol. The second-order valence-corrected chi connectivity index (χ2v) is 8.06. The van der Waals surface area contributed by atoms with Gasteiger partial charge in [0.15, 0.2) is 0 Å². The van der Waals surface area contributed by atoms with Crippen LogP contribution < -0.4 is 10.6 Å². The van der Waals surface area contributed by atoms with Crippen LogP contribution in [0.1, 0.15) is 54.3 Å². The molecule has 0 bridgehead atoms. The number of hydrogen-bond donors (Lipinski definition) is 3. The Labute approximate surface area is 179 Å². The Morgan fingerprint density at radius 1 is 1.10 bits per heavy atom. The van der Waals surface area contributed by atoms with Crippen molar-refractivity contribution in [1.29, 1.82) is 0 Å². The summed E-state index contributed by atoms with van der Waals surface area (Å²) >= 11 is 0. The highest BCUT2D eigenvalue weighted by molar-refractivity contribution is 5.80. The van der Waals surface area contributed by atoms with Crippen LogP contribution in [0.25, 0.3) is 0 Å². The number of methoxy groups -OCH3 is 1. The van der Waals surface area contributed by atoms with Crippen molar-refractivity contribution in [3.8, 4) is 0 Å². The topological polar surface area (TPSA) is 70.6 Å². The van der Waals surface area contributed by atoms with Crippen molar-refractivity contribution in [2.45, 2.75) is 44.2 Å². The lowest BCUT2D eigenvalue weighted by Crippen LogP contribution is -2.39. The van der Waals surface area contributed by atoms with Gasteiger partial charge < -0.3 is 20.5 Å². The van der Waals surface area contributed by atoms with Gasteiger partial charge in [0, 0.05) is 26.1 Å². The van der Waals surface area contributed by atoms with Crippen molar-refractivity contribution >= 4 is 5.91 Å². The van der Waals surface area contributed by atoms with E-state index in [0.717, 1.165) is 44.3 Å². The Hall–Kier alpha value is -2.21. The maximum Gasteiger partial charge on any atom is 0.224 e. The van der Waals surface area contributed by atoms with Gasteiger partial charge in [-0.25, -0.2) is 0 Å². The number of ether oxygens (including phenoxy) is 1. The molecule has 1 fully saturated rings. The third-order valence-electron chi connectivity index (χ3n) is 6.02. The van der Waals surface area contributed by atoms with E-state index in [1.807, 2.05) is 30.3 Å². The van der Waals surface area contributed by atoms with E-state index in [1.165, 1.54) is 11.1 Å². The van der Waals surface area contributed by atoms with E-state index >= 15 is 0 Å². The largest absolute Gasteiger partial charge is 0.394 e. The van der Waals surface area contributed by atoms with E-state index in [0.29, 0.717) is 6.61 Å². The van der Waals surface area contributed by atoms with Gasteiger partial charge in [-0.3, -0.25) is 4.79 Å². The molecule has 3 N–H and O–H groups in total. The zero-order valence-electron chi connectivity index (χ0n) is 17.8. The fourth-order valence-corrected chi connectivity index (χ4v) is 4.33. The van der Waals surface area contributed by atoms with Crippen LogP contribution in [0.15, 0.2) is 54.6 Å². The number of benzene rings is 2. The first-order valence-electron chi connectivity index (χ1n) is 11.0. The number of rotatable bonds is 10. The van der Waals surface area contributed by atoms with Crippen molar-refractivity contribution < 1.29 is 14.6 Å². The molecule has 1 saturated carbocycles. The molecule has 0 aromatic heterocycles. The average molecular weight is 411 g/mol. The highest BCUT2D eigenvalue weighted by atomic mass is 16.5. The van der Waals surface area contributed by atoms with Crippen LogP contribution in [-0.4, -0.2) is 37.9 Å². The minimum absolute atomic E-state index is 0.0490. The van der Waals surface area contributed by atoms with Crippen LogP contribution in [0.4, 0.5) is 0 Å². The van der Waals surface area contributed by atoms with Gasteiger partial charge in [0.25, 0.3) is 0 Å². The molecule has 0 spiro atoms. The molecule has 0 aliphatic heterocycles. The van der Waals surface area contributed by atoms with Gasteiger partial charge in [0.2, 0.25) is 5.91 Å². The highest BCUT2D eigenvalue weighted by Gasteiger charge is 2.33. The van der Waals surface area contributed by atoms with E-state index in [-0.39, 0.29) is 30.4 Å². The van der Waals surface area contributed by atoms with Crippen molar-refractivity contribution in [1.82, 2.24) is 10.6 Å². The molecule has 3 rings (SSSR count). The molecule has 2 aromatic rings. The summed E-state index contributed by atoms with van der Waals surface area (Å²) in [6, 6.07) is 18.0. The maximum absolute atomic E-state index is 13.2. The maximum atomic E-state index is 13.2. The minimum Gasteiger partial charge on any atom is -0.394 e. The average Bonchev–Trinajstić information content (AvgIpc) is 2.81. The van der Waals surface area contributed by atoms with Gasteiger partial charge in [-0.1, -0.05) is 67.4 Å². The van der Waals surface area contributed by atoms with Crippen molar-refractivity contribution in [2.75, 3.05) is 26.9 Å². The van der Waals surface area contributed by atoms with E-state index in [1.54, 1.807) is 7.11 Å². The van der Waals surface area contributed by atoms with Gasteiger partial charge in [-0.15, -0.1) is 0 Å². The van der Waals surface area contributed by atoms with Crippen LogP contribution in [0, 0.1) is 5.92 Å². The van der Waals surface area contributed by atoms with Crippen molar-refractivity contribution in [3.63, 3.8) is 0 Å². The Balaban J connectivity index is 1.64. The number of amides is 1. The summed E-state index contributed by atoms with van der Waals surface area (Å²) in [4.78, 5) is 13.2. The molecule has 1 aliphatic rings. The third-order valence-corrected chi connectivity index (χ3v) is 6.02. The molecule has 0 heterocycles. The summed E-state index contributed by atoms with van der Waals surface area (Å²) in [6.07, 6.45) is 4.14. The first-order chi connectivity index (χ1) is 14.7. The molecular formula is C25H34N2O3. The van der Waals surface area contributed by atoms with Crippen molar-refractivity contribution in [3.05, 3.63) is 71.3 Å². The second-order valence-electron chi connectivity index (χ2n) is 8.06. The molecule has 5 nitrogen and oxygen atoms in total. The lowest BCUT2D eigenvalue weighted by atomic mass is 9.74. The Bertz CT molecular complexity index is 764. The molecule has 3 unspecified atom stereocenters. The summed E-state index contributed by atoms with van der Waals surface area (Å²) in [5.41, 5.74) is 3.40. The SMILES string of the molecule is COCCNCc1ccc(C2CCCCC2C(=O)NC(CO)c2ccccc2)cc1. The number of nitrogens with one attached hydrogen (secondary N) is 2. The number of carbonyl (C=O) groups is 1. The van der Waals surface area contributed by atoms with Crippen LogP contribution in [0.3, 0.4) is 0 Å². The summed E-state index contributed by atoms with van der Waals surface area (Å²) < 4.78 is 5.06. The van der Waals surface area contributed by atoms with Gasteiger partial charge >= 0.3 is 0 Å². The summed E-state index contributed by atoms with van der Waals surface area (Å²) in [5.74, 6) is 0.222. The van der Waals surface area contributed by atoms with Gasteiger partial charge in [-0.2, -0.15) is 0 Å². The van der Waals surface area contributed by atoms with Gasteiger partial charge in [-0.05, 0) is 35.4 Å². The lowest BCUT2D eigenvalue weighted by molar-refractivity contribution is -0.127. The summed E-state index contributed by atoms with van der Waals surface area (Å²) in [6.45, 7) is 2.25. The van der Waals surface area contributed by atoms with E-state index < -0.39 is 0 Å². The minimum atomic E-state index is -0.359. The molecule has 162 valence electrons. The number of aliphatic hydroxyl groups is 1. The van der Waals surface area contributed by atoms with Gasteiger partial charge in [0.05, 0.1) is 19.3 Å². The van der Waals surface area contributed by atoms with Crippen LogP contribution in [0.2, 0.25) is 0 Å². The van der Waals surface area contributed by atoms with Gasteiger partial charge in [0.1, 0.15) is 0 Å². The smallest absolute Gasteiger partial charge is 0.224 e. The Morgan fingerprint density at radius 3 is 2.53 bits per heavy atom. The summed E-state index contributed by atoms with van der Waals surface area (Å²) in [5, 5.41) is 16.3. The Kier molecular flexibility index (Phi) is 8.87. The Morgan fingerprint density at radius 2 is 1.83 bits per heavy atom. The first-order valence-corrected chi connectivity index (χ1v) is 11.0. The zero-order chi connectivity index (χ0) is 21.2. The molecule has 3 atom stereocenters.